The van der Waals surface area contributed by atoms with Gasteiger partial charge in [0.1, 0.15) is 42.2 Å². The van der Waals surface area contributed by atoms with Gasteiger partial charge < -0.3 is 20.5 Å². The van der Waals surface area contributed by atoms with E-state index < -0.39 is 30.6 Å². The number of aromatic nitrogens is 3. The minimum atomic E-state index is -4.40. The maximum absolute atomic E-state index is 16.6. The summed E-state index contributed by atoms with van der Waals surface area (Å²) >= 11 is 0. The van der Waals surface area contributed by atoms with Gasteiger partial charge in [0.2, 0.25) is 0 Å². The number of aliphatic hydroxyl groups is 1. The summed E-state index contributed by atoms with van der Waals surface area (Å²) in [7, 11) is 1.72. The van der Waals surface area contributed by atoms with Crippen LogP contribution in [0.15, 0.2) is 42.6 Å². The molecular formula is C34H32F6N6O2. The number of aliphatic hydroxyl groups excluding tert-OH is 1. The molecule has 7 rings (SSSR count). The predicted octanol–water partition coefficient (Wildman–Crippen LogP) is 5.95. The van der Waals surface area contributed by atoms with Gasteiger partial charge in [-0.3, -0.25) is 9.88 Å². The van der Waals surface area contributed by atoms with Crippen LogP contribution in [0.5, 0.6) is 6.01 Å². The number of nitrogens with zero attached hydrogens (tertiary/aromatic N) is 5. The largest absolute Gasteiger partial charge is 0.461 e. The zero-order valence-electron chi connectivity index (χ0n) is 25.9. The zero-order chi connectivity index (χ0) is 34.5. The minimum absolute atomic E-state index is 0.0111. The highest BCUT2D eigenvalue weighted by Gasteiger charge is 2.47. The quantitative estimate of drug-likeness (QED) is 0.113. The standard InChI is InChI=1S/C32H29F3N6O.C2H3F3O/c1-4-20-23(33)7-6-18-10-19(36)11-21(26(18)20)28-27(35)29-22(14-37-28)30(40(3)25-12-24(25)34)39-31(38-29)42-16-32-8-5-9-41(32)15-17(2)13-32;3-2(4,5)1-6/h1,6-7,10-11,14,24-25H,2,5,8-9,12-13,15-16,36H2,3H3;6H,1H2/t24-,25-,32?;/m0./s1. The van der Waals surface area contributed by atoms with E-state index in [9.17, 15) is 22.0 Å². The highest BCUT2D eigenvalue weighted by molar-refractivity contribution is 6.03. The first-order chi connectivity index (χ1) is 22.7. The van der Waals surface area contributed by atoms with Crippen molar-refractivity contribution in [3.63, 3.8) is 0 Å². The van der Waals surface area contributed by atoms with Gasteiger partial charge in [0, 0.05) is 42.8 Å². The van der Waals surface area contributed by atoms with Gasteiger partial charge in [-0.25, -0.2) is 13.2 Å². The van der Waals surface area contributed by atoms with E-state index in [1.807, 2.05) is 0 Å². The first-order valence-corrected chi connectivity index (χ1v) is 15.2. The Labute approximate surface area is 272 Å². The van der Waals surface area contributed by atoms with Crippen LogP contribution in [0, 0.1) is 24.0 Å². The molecule has 8 nitrogen and oxygen atoms in total. The lowest BCUT2D eigenvalue weighted by Crippen LogP contribution is -2.43. The van der Waals surface area contributed by atoms with Crippen molar-refractivity contribution in [2.75, 3.05) is 44.0 Å². The highest BCUT2D eigenvalue weighted by Crippen LogP contribution is 2.43. The van der Waals surface area contributed by atoms with E-state index >= 15 is 4.39 Å². The summed E-state index contributed by atoms with van der Waals surface area (Å²) in [5.41, 5.74) is 7.53. The Morgan fingerprint density at radius 1 is 1.25 bits per heavy atom. The fourth-order valence-corrected chi connectivity index (χ4v) is 6.69. The number of rotatable bonds is 6. The van der Waals surface area contributed by atoms with E-state index in [1.165, 1.54) is 24.4 Å². The van der Waals surface area contributed by atoms with Crippen LogP contribution < -0.4 is 15.4 Å². The number of nitrogens with two attached hydrogens (primary N) is 1. The average Bonchev–Trinajstić information content (AvgIpc) is 3.52. The molecule has 0 spiro atoms. The van der Waals surface area contributed by atoms with Crippen molar-refractivity contribution in [1.29, 1.82) is 0 Å². The molecule has 0 amide bonds. The summed E-state index contributed by atoms with van der Waals surface area (Å²) in [5, 5.41) is 8.45. The van der Waals surface area contributed by atoms with Crippen LogP contribution in [-0.2, 0) is 0 Å². The van der Waals surface area contributed by atoms with Gasteiger partial charge in [-0.2, -0.15) is 23.1 Å². The fraction of sp³-hybridized carbons (Fsp3) is 0.382. The van der Waals surface area contributed by atoms with Crippen LogP contribution in [0.25, 0.3) is 32.9 Å². The van der Waals surface area contributed by atoms with Gasteiger partial charge in [0.15, 0.2) is 5.82 Å². The van der Waals surface area contributed by atoms with Gasteiger partial charge in [0.05, 0.1) is 22.5 Å². The zero-order valence-corrected chi connectivity index (χ0v) is 25.9. The Hall–Kier alpha value is -4.61. The van der Waals surface area contributed by atoms with Gasteiger partial charge in [-0.05, 0) is 49.4 Å². The fourth-order valence-electron chi connectivity index (χ4n) is 6.69. The molecule has 4 aromatic rings. The molecule has 252 valence electrons. The van der Waals surface area contributed by atoms with Crippen molar-refractivity contribution in [3.05, 3.63) is 59.8 Å². The number of nitrogen functional groups attached to an aromatic ring is 1. The van der Waals surface area contributed by atoms with Crippen molar-refractivity contribution >= 4 is 33.2 Å². The SMILES string of the molecule is C#Cc1c(F)ccc2cc(N)cc(-c3ncc4c(N(C)[C@H]5C[C@@H]5F)nc(OCC56CCCN5CC(=C)C6)nc4c3F)c12.OCC(F)(F)F. The second-order valence-corrected chi connectivity index (χ2v) is 12.4. The second-order valence-electron chi connectivity index (χ2n) is 12.4. The van der Waals surface area contributed by atoms with Crippen LogP contribution in [0.2, 0.25) is 0 Å². The molecule has 2 aromatic heterocycles. The molecule has 1 saturated carbocycles. The van der Waals surface area contributed by atoms with E-state index in [-0.39, 0.29) is 39.9 Å². The molecule has 2 aromatic carbocycles. The summed E-state index contributed by atoms with van der Waals surface area (Å²) in [6, 6.07) is 5.56. The molecule has 3 fully saturated rings. The van der Waals surface area contributed by atoms with Crippen LogP contribution in [0.4, 0.5) is 37.8 Å². The van der Waals surface area contributed by atoms with Crippen LogP contribution >= 0.6 is 0 Å². The van der Waals surface area contributed by atoms with Crippen LogP contribution in [0.1, 0.15) is 31.2 Å². The van der Waals surface area contributed by atoms with Crippen molar-refractivity contribution in [3.8, 4) is 29.6 Å². The average molecular weight is 671 g/mol. The number of benzene rings is 2. The Balaban J connectivity index is 0.000000615. The molecule has 14 heteroatoms. The molecule has 2 saturated heterocycles. The summed E-state index contributed by atoms with van der Waals surface area (Å²) < 4.78 is 83.2. The second kappa shape index (κ2) is 12.4. The monoisotopic (exact) mass is 670 g/mol. The third kappa shape index (κ3) is 6.20. The lowest BCUT2D eigenvalue weighted by Gasteiger charge is -2.31. The van der Waals surface area contributed by atoms with Crippen molar-refractivity contribution in [2.45, 2.75) is 49.6 Å². The highest BCUT2D eigenvalue weighted by atomic mass is 19.4. The Kier molecular flexibility index (Phi) is 8.63. The lowest BCUT2D eigenvalue weighted by molar-refractivity contribution is -0.159. The number of alkyl halides is 4. The number of halogens is 6. The summed E-state index contributed by atoms with van der Waals surface area (Å²) in [6.45, 7) is 4.55. The first kappa shape index (κ1) is 33.3. The maximum atomic E-state index is 16.6. The van der Waals surface area contributed by atoms with E-state index in [0.29, 0.717) is 40.7 Å². The molecule has 2 aliphatic heterocycles. The number of hydrogen-bond donors (Lipinski definition) is 2. The molecule has 1 unspecified atom stereocenters. The van der Waals surface area contributed by atoms with Crippen molar-refractivity contribution < 1.29 is 36.2 Å². The Morgan fingerprint density at radius 2 is 1.98 bits per heavy atom. The third-order valence-electron chi connectivity index (χ3n) is 9.03. The van der Waals surface area contributed by atoms with E-state index in [4.69, 9.17) is 22.0 Å². The summed E-state index contributed by atoms with van der Waals surface area (Å²) in [6.07, 6.45) is 4.88. The smallest absolute Gasteiger partial charge is 0.411 e. The topological polar surface area (TPSA) is 101 Å². The van der Waals surface area contributed by atoms with E-state index in [0.717, 1.165) is 37.9 Å². The van der Waals surface area contributed by atoms with Crippen molar-refractivity contribution in [1.82, 2.24) is 19.9 Å². The van der Waals surface area contributed by atoms with Gasteiger partial charge in [-0.15, -0.1) is 6.42 Å². The van der Waals surface area contributed by atoms with Crippen LogP contribution in [-0.4, -0.2) is 82.2 Å². The first-order valence-electron chi connectivity index (χ1n) is 15.2. The molecule has 3 N–H and O–H groups in total. The number of ether oxygens (including phenoxy) is 1. The number of fused-ring (bicyclic) bond motifs is 3. The number of terminal acetylenes is 1. The molecule has 4 heterocycles. The normalized spacial score (nSPS) is 21.9. The molecule has 0 radical (unpaired) electrons. The van der Waals surface area contributed by atoms with E-state index in [2.05, 4.69) is 32.4 Å². The molecule has 1 aliphatic carbocycles. The Bertz CT molecular complexity index is 1960. The number of anilines is 2. The molecule has 48 heavy (non-hydrogen) atoms. The summed E-state index contributed by atoms with van der Waals surface area (Å²) in [5.74, 6) is 1.32. The number of pyridine rings is 1. The van der Waals surface area contributed by atoms with Crippen LogP contribution in [0.3, 0.4) is 0 Å². The van der Waals surface area contributed by atoms with Gasteiger partial charge >= 0.3 is 12.2 Å². The molecule has 3 atom stereocenters. The Morgan fingerprint density at radius 3 is 2.65 bits per heavy atom. The van der Waals surface area contributed by atoms with E-state index in [1.54, 1.807) is 18.0 Å². The van der Waals surface area contributed by atoms with Gasteiger partial charge in [-0.1, -0.05) is 24.1 Å². The minimum Gasteiger partial charge on any atom is -0.461 e. The predicted molar refractivity (Wildman–Crippen MR) is 170 cm³/mol. The lowest BCUT2D eigenvalue weighted by atomic mass is 9.94. The molecular weight excluding hydrogens is 638 g/mol. The maximum Gasteiger partial charge on any atom is 0.411 e. The van der Waals surface area contributed by atoms with Gasteiger partial charge in [0.25, 0.3) is 0 Å². The molecule has 3 aliphatic rings. The number of hydrogen-bond acceptors (Lipinski definition) is 8. The molecule has 0 bridgehead atoms. The third-order valence-corrected chi connectivity index (χ3v) is 9.03. The van der Waals surface area contributed by atoms with Crippen molar-refractivity contribution in [2.24, 2.45) is 0 Å². The summed E-state index contributed by atoms with van der Waals surface area (Å²) in [4.78, 5) is 17.6.